The summed E-state index contributed by atoms with van der Waals surface area (Å²) in [7, 11) is 0. The molecule has 0 aromatic heterocycles. The first kappa shape index (κ1) is 15.7. The van der Waals surface area contributed by atoms with Crippen LogP contribution in [0.3, 0.4) is 0 Å². The van der Waals surface area contributed by atoms with Crippen LogP contribution in [0.15, 0.2) is 42.5 Å². The van der Waals surface area contributed by atoms with E-state index in [0.717, 1.165) is 23.5 Å². The van der Waals surface area contributed by atoms with Crippen LogP contribution in [0.25, 0.3) is 0 Å². The molecule has 0 unspecified atom stereocenters. The maximum Gasteiger partial charge on any atom is 0.260 e. The number of amides is 1. The fraction of sp³-hybridized carbons (Fsp3) is 0.316. The van der Waals surface area contributed by atoms with Crippen molar-refractivity contribution in [3.8, 4) is 17.2 Å². The highest BCUT2D eigenvalue weighted by molar-refractivity contribution is 5.78. The molecule has 130 valence electrons. The molecule has 0 spiro atoms. The van der Waals surface area contributed by atoms with Gasteiger partial charge in [0, 0.05) is 19.0 Å². The molecule has 2 aromatic rings. The molecule has 1 amide bonds. The first-order valence-electron chi connectivity index (χ1n) is 8.25. The zero-order valence-corrected chi connectivity index (χ0v) is 13.6. The van der Waals surface area contributed by atoms with E-state index in [1.807, 2.05) is 18.2 Å². The molecule has 0 saturated carbocycles. The molecule has 25 heavy (non-hydrogen) atoms. The largest absolute Gasteiger partial charge is 0.484 e. The Kier molecular flexibility index (Phi) is 4.17. The number of likely N-dealkylation sites (tertiary alicyclic amines) is 1. The normalized spacial score (nSPS) is 18.4. The van der Waals surface area contributed by atoms with Gasteiger partial charge in [-0.3, -0.25) is 4.79 Å². The van der Waals surface area contributed by atoms with E-state index in [4.69, 9.17) is 14.2 Å². The predicted molar refractivity (Wildman–Crippen MR) is 88.4 cm³/mol. The van der Waals surface area contributed by atoms with Crippen molar-refractivity contribution in [1.82, 2.24) is 4.90 Å². The fourth-order valence-corrected chi connectivity index (χ4v) is 3.19. The zero-order valence-electron chi connectivity index (χ0n) is 13.6. The summed E-state index contributed by atoms with van der Waals surface area (Å²) in [6, 6.07) is 11.6. The standard InChI is InChI=1S/C19H18FNO4/c20-15-2-4-16(5-3-15)23-11-19(22)21-8-7-14(10-21)13-1-6-17-18(9-13)25-12-24-17/h1-6,9,14H,7-8,10-12H2/t14-/m0/s1. The lowest BCUT2D eigenvalue weighted by atomic mass is 9.98. The SMILES string of the molecule is O=C(COc1ccc(F)cc1)N1CC[C@H](c2ccc3c(c2)OCO3)C1. The Balaban J connectivity index is 1.34. The average Bonchev–Trinajstić information content (AvgIpc) is 3.29. The Morgan fingerprint density at radius 1 is 1.16 bits per heavy atom. The van der Waals surface area contributed by atoms with E-state index < -0.39 is 0 Å². The third-order valence-electron chi connectivity index (χ3n) is 4.58. The number of carbonyl (C=O) groups is 1. The van der Waals surface area contributed by atoms with E-state index in [2.05, 4.69) is 0 Å². The van der Waals surface area contributed by atoms with Crippen molar-refractivity contribution in [3.63, 3.8) is 0 Å². The summed E-state index contributed by atoms with van der Waals surface area (Å²) in [5, 5.41) is 0. The number of rotatable bonds is 4. The van der Waals surface area contributed by atoms with Gasteiger partial charge in [0.1, 0.15) is 11.6 Å². The molecular weight excluding hydrogens is 325 g/mol. The summed E-state index contributed by atoms with van der Waals surface area (Å²) in [5.41, 5.74) is 1.15. The third kappa shape index (κ3) is 3.38. The van der Waals surface area contributed by atoms with Crippen LogP contribution in [0.4, 0.5) is 4.39 Å². The molecule has 2 heterocycles. The lowest BCUT2D eigenvalue weighted by molar-refractivity contribution is -0.132. The van der Waals surface area contributed by atoms with Crippen molar-refractivity contribution in [1.29, 1.82) is 0 Å². The van der Waals surface area contributed by atoms with Gasteiger partial charge in [-0.1, -0.05) is 6.07 Å². The highest BCUT2D eigenvalue weighted by Crippen LogP contribution is 2.37. The van der Waals surface area contributed by atoms with Gasteiger partial charge in [-0.05, 0) is 48.4 Å². The Hall–Kier alpha value is -2.76. The molecule has 0 aliphatic carbocycles. The Bertz CT molecular complexity index is 777. The molecule has 1 atom stereocenters. The van der Waals surface area contributed by atoms with Gasteiger partial charge in [0.05, 0.1) is 0 Å². The van der Waals surface area contributed by atoms with E-state index >= 15 is 0 Å². The summed E-state index contributed by atoms with van der Waals surface area (Å²) in [5.74, 6) is 1.91. The van der Waals surface area contributed by atoms with Gasteiger partial charge >= 0.3 is 0 Å². The van der Waals surface area contributed by atoms with Crippen molar-refractivity contribution >= 4 is 5.91 Å². The Morgan fingerprint density at radius 3 is 2.80 bits per heavy atom. The molecule has 0 radical (unpaired) electrons. The summed E-state index contributed by atoms with van der Waals surface area (Å²) >= 11 is 0. The minimum atomic E-state index is -0.329. The molecule has 4 rings (SSSR count). The number of hydrogen-bond donors (Lipinski definition) is 0. The van der Waals surface area contributed by atoms with E-state index in [9.17, 15) is 9.18 Å². The molecule has 1 fully saturated rings. The number of ether oxygens (including phenoxy) is 3. The van der Waals surface area contributed by atoms with Gasteiger partial charge in [-0.25, -0.2) is 4.39 Å². The lowest BCUT2D eigenvalue weighted by Crippen LogP contribution is -2.32. The minimum Gasteiger partial charge on any atom is -0.484 e. The van der Waals surface area contributed by atoms with Gasteiger partial charge in [-0.2, -0.15) is 0 Å². The smallest absolute Gasteiger partial charge is 0.260 e. The molecule has 2 aromatic carbocycles. The van der Waals surface area contributed by atoms with E-state index in [0.29, 0.717) is 18.8 Å². The van der Waals surface area contributed by atoms with Crippen molar-refractivity contribution in [2.75, 3.05) is 26.5 Å². The van der Waals surface area contributed by atoms with Crippen LogP contribution >= 0.6 is 0 Å². The Labute approximate surface area is 144 Å². The molecule has 2 aliphatic rings. The number of fused-ring (bicyclic) bond motifs is 1. The summed E-state index contributed by atoms with van der Waals surface area (Å²) in [4.78, 5) is 14.1. The van der Waals surface area contributed by atoms with Crippen LogP contribution in [-0.4, -0.2) is 37.3 Å². The monoisotopic (exact) mass is 343 g/mol. The van der Waals surface area contributed by atoms with Gasteiger partial charge in [-0.15, -0.1) is 0 Å². The van der Waals surface area contributed by atoms with Gasteiger partial charge in [0.2, 0.25) is 6.79 Å². The first-order chi connectivity index (χ1) is 12.2. The molecule has 1 saturated heterocycles. The highest BCUT2D eigenvalue weighted by Gasteiger charge is 2.28. The van der Waals surface area contributed by atoms with E-state index in [-0.39, 0.29) is 31.0 Å². The molecule has 0 N–H and O–H groups in total. The molecule has 0 bridgehead atoms. The third-order valence-corrected chi connectivity index (χ3v) is 4.58. The Morgan fingerprint density at radius 2 is 1.96 bits per heavy atom. The first-order valence-corrected chi connectivity index (χ1v) is 8.25. The molecule has 2 aliphatic heterocycles. The molecule has 6 heteroatoms. The number of halogens is 1. The second kappa shape index (κ2) is 6.63. The van der Waals surface area contributed by atoms with E-state index in [1.54, 1.807) is 4.90 Å². The van der Waals surface area contributed by atoms with Crippen LogP contribution in [0, 0.1) is 5.82 Å². The molecule has 5 nitrogen and oxygen atoms in total. The van der Waals surface area contributed by atoms with Crippen molar-refractivity contribution in [2.45, 2.75) is 12.3 Å². The number of benzene rings is 2. The van der Waals surface area contributed by atoms with Crippen molar-refractivity contribution in [3.05, 3.63) is 53.8 Å². The van der Waals surface area contributed by atoms with Crippen LogP contribution in [0.2, 0.25) is 0 Å². The van der Waals surface area contributed by atoms with Crippen LogP contribution in [-0.2, 0) is 4.79 Å². The van der Waals surface area contributed by atoms with Crippen molar-refractivity contribution < 1.29 is 23.4 Å². The quantitative estimate of drug-likeness (QED) is 0.856. The summed E-state index contributed by atoms with van der Waals surface area (Å²) in [6.45, 7) is 1.57. The number of hydrogen-bond acceptors (Lipinski definition) is 4. The zero-order chi connectivity index (χ0) is 17.2. The lowest BCUT2D eigenvalue weighted by Gasteiger charge is -2.17. The second-order valence-electron chi connectivity index (χ2n) is 6.18. The van der Waals surface area contributed by atoms with Crippen LogP contribution in [0.5, 0.6) is 17.2 Å². The van der Waals surface area contributed by atoms with Crippen molar-refractivity contribution in [2.24, 2.45) is 0 Å². The topological polar surface area (TPSA) is 48.0 Å². The van der Waals surface area contributed by atoms with Gasteiger partial charge in [0.15, 0.2) is 18.1 Å². The summed E-state index contributed by atoms with van der Waals surface area (Å²) in [6.07, 6.45) is 0.905. The number of nitrogens with zero attached hydrogens (tertiary/aromatic N) is 1. The van der Waals surface area contributed by atoms with E-state index in [1.165, 1.54) is 24.3 Å². The number of carbonyl (C=O) groups excluding carboxylic acids is 1. The van der Waals surface area contributed by atoms with Crippen LogP contribution in [0.1, 0.15) is 17.9 Å². The summed E-state index contributed by atoms with van der Waals surface area (Å²) < 4.78 is 29.1. The fourth-order valence-electron chi connectivity index (χ4n) is 3.19. The van der Waals surface area contributed by atoms with Gasteiger partial charge in [0.25, 0.3) is 5.91 Å². The van der Waals surface area contributed by atoms with Crippen LogP contribution < -0.4 is 14.2 Å². The molecular formula is C19H18FNO4. The second-order valence-corrected chi connectivity index (χ2v) is 6.18. The predicted octanol–water partition coefficient (Wildman–Crippen LogP) is 2.95. The average molecular weight is 343 g/mol. The maximum absolute atomic E-state index is 12.9. The maximum atomic E-state index is 12.9. The minimum absolute atomic E-state index is 0.0422. The highest BCUT2D eigenvalue weighted by atomic mass is 19.1. The van der Waals surface area contributed by atoms with Gasteiger partial charge < -0.3 is 19.1 Å².